The summed E-state index contributed by atoms with van der Waals surface area (Å²) >= 11 is 6.17. The van der Waals surface area contributed by atoms with E-state index in [1.807, 2.05) is 13.8 Å². The molecule has 13 heteroatoms. The van der Waals surface area contributed by atoms with Crippen molar-refractivity contribution in [3.8, 4) is 11.1 Å². The van der Waals surface area contributed by atoms with Gasteiger partial charge in [-0.1, -0.05) is 25.4 Å². The predicted molar refractivity (Wildman–Crippen MR) is 177 cm³/mol. The van der Waals surface area contributed by atoms with Gasteiger partial charge in [-0.15, -0.1) is 0 Å². The van der Waals surface area contributed by atoms with E-state index in [1.165, 1.54) is 12.1 Å². The average molecular weight is 700 g/mol. The van der Waals surface area contributed by atoms with Gasteiger partial charge in [0.15, 0.2) is 0 Å². The van der Waals surface area contributed by atoms with E-state index in [0.717, 1.165) is 10.8 Å². The summed E-state index contributed by atoms with van der Waals surface area (Å²) in [6.45, 7) is 9.50. The Hall–Kier alpha value is -3.77. The lowest BCUT2D eigenvalue weighted by Crippen LogP contribution is -2.35. The Kier molecular flexibility index (Phi) is 14.8. The number of rotatable bonds is 12. The molecule has 2 N–H and O–H groups in total. The fraction of sp³-hybridized carbons (Fsp3) is 0.457. The van der Waals surface area contributed by atoms with E-state index < -0.39 is 35.1 Å². The van der Waals surface area contributed by atoms with Crippen molar-refractivity contribution in [2.75, 3.05) is 27.2 Å². The van der Waals surface area contributed by atoms with Gasteiger partial charge in [0.05, 0.1) is 17.2 Å². The summed E-state index contributed by atoms with van der Waals surface area (Å²) < 4.78 is 73.3. The zero-order valence-corrected chi connectivity index (χ0v) is 29.0. The lowest BCUT2D eigenvalue weighted by atomic mass is 9.94. The molecule has 1 amide bonds. The highest BCUT2D eigenvalue weighted by Crippen LogP contribution is 2.35. The average Bonchev–Trinajstić information content (AvgIpc) is 2.95. The van der Waals surface area contributed by atoms with Crippen molar-refractivity contribution in [2.24, 2.45) is 11.7 Å². The van der Waals surface area contributed by atoms with Crippen LogP contribution in [0.5, 0.6) is 0 Å². The van der Waals surface area contributed by atoms with Crippen LogP contribution in [0.3, 0.4) is 0 Å². The highest BCUT2D eigenvalue weighted by molar-refractivity contribution is 6.33. The van der Waals surface area contributed by atoms with E-state index in [4.69, 9.17) is 22.1 Å². The number of pyridine rings is 1. The Labute approximate surface area is 282 Å². The summed E-state index contributed by atoms with van der Waals surface area (Å²) in [5.74, 6) is -1.80. The van der Waals surface area contributed by atoms with Gasteiger partial charge < -0.3 is 19.9 Å². The zero-order chi connectivity index (χ0) is 36.5. The molecule has 0 saturated carbocycles. The number of hydrogen-bond donors (Lipinski definition) is 1. The second-order valence-corrected chi connectivity index (χ2v) is 12.6. The Morgan fingerprint density at radius 2 is 1.65 bits per heavy atom. The number of carbonyl (C=O) groups is 2. The molecule has 48 heavy (non-hydrogen) atoms. The standard InChI is InChI=1S/C19H19ClF2O2.C16H24F3N3O2/c1-4-24-17(23)6-5-13-9-14(7-12(3)19(13)22)18-11(2)8-15(21)10-16(18)20;1-10(2)7-13(15(20)24)22-9-11(5-6-21(3)4)12(8-14(22)23)16(17,18)19/h7-10H,4-6H2,1-3H3;8-10,13H,5-7H2,1-4H3,(H2,20,24). The molecule has 264 valence electrons. The minimum atomic E-state index is -4.62. The van der Waals surface area contributed by atoms with Gasteiger partial charge in [0, 0.05) is 30.8 Å². The normalized spacial score (nSPS) is 12.1. The molecule has 1 heterocycles. The van der Waals surface area contributed by atoms with Gasteiger partial charge in [0.2, 0.25) is 5.91 Å². The molecule has 1 atom stereocenters. The molecule has 0 spiro atoms. The first-order valence-corrected chi connectivity index (χ1v) is 15.8. The van der Waals surface area contributed by atoms with Crippen LogP contribution in [-0.2, 0) is 33.3 Å². The van der Waals surface area contributed by atoms with E-state index in [2.05, 4.69) is 0 Å². The van der Waals surface area contributed by atoms with Crippen LogP contribution in [0, 0.1) is 31.4 Å². The Bertz CT molecular complexity index is 1630. The molecular formula is C35H43ClF5N3O4. The van der Waals surface area contributed by atoms with Crippen LogP contribution in [0.1, 0.15) is 67.5 Å². The number of ether oxygens (including phenoxy) is 1. The second kappa shape index (κ2) is 17.6. The number of hydrogen-bond acceptors (Lipinski definition) is 5. The predicted octanol–water partition coefficient (Wildman–Crippen LogP) is 7.44. The summed E-state index contributed by atoms with van der Waals surface area (Å²) in [5, 5.41) is 0.273. The molecule has 3 aromatic rings. The molecule has 0 saturated heterocycles. The fourth-order valence-electron chi connectivity index (χ4n) is 5.16. The molecule has 7 nitrogen and oxygen atoms in total. The van der Waals surface area contributed by atoms with Crippen LogP contribution in [0.25, 0.3) is 11.1 Å². The quantitative estimate of drug-likeness (QED) is 0.157. The summed E-state index contributed by atoms with van der Waals surface area (Å²) in [6, 6.07) is 5.56. The maximum Gasteiger partial charge on any atom is 0.416 e. The van der Waals surface area contributed by atoms with Gasteiger partial charge in [-0.05, 0) is 112 Å². The number of nitrogens with zero attached hydrogens (tertiary/aromatic N) is 2. The number of aryl methyl sites for hydroxylation is 3. The van der Waals surface area contributed by atoms with Gasteiger partial charge >= 0.3 is 12.1 Å². The second-order valence-electron chi connectivity index (χ2n) is 12.2. The van der Waals surface area contributed by atoms with Crippen molar-refractivity contribution in [3.05, 3.63) is 91.4 Å². The van der Waals surface area contributed by atoms with Crippen LogP contribution >= 0.6 is 11.6 Å². The minimum Gasteiger partial charge on any atom is -0.466 e. The molecule has 1 unspecified atom stereocenters. The number of likely N-dealkylation sites (N-methyl/N-ethyl adjacent to an activating group) is 1. The summed E-state index contributed by atoms with van der Waals surface area (Å²) in [6.07, 6.45) is -2.77. The number of nitrogens with two attached hydrogens (primary N) is 1. The largest absolute Gasteiger partial charge is 0.466 e. The van der Waals surface area contributed by atoms with Gasteiger partial charge in [-0.3, -0.25) is 14.4 Å². The van der Waals surface area contributed by atoms with E-state index in [0.29, 0.717) is 47.0 Å². The van der Waals surface area contributed by atoms with Crippen molar-refractivity contribution < 1.29 is 36.3 Å². The van der Waals surface area contributed by atoms with Gasteiger partial charge in [0.1, 0.15) is 17.7 Å². The molecule has 0 radical (unpaired) electrons. The molecular weight excluding hydrogens is 657 g/mol. The third kappa shape index (κ3) is 11.4. The van der Waals surface area contributed by atoms with Crippen LogP contribution in [0.15, 0.2) is 41.3 Å². The van der Waals surface area contributed by atoms with Crippen LogP contribution in [0.2, 0.25) is 5.02 Å². The van der Waals surface area contributed by atoms with Gasteiger partial charge in [-0.2, -0.15) is 13.2 Å². The number of halogens is 6. The number of alkyl halides is 3. The lowest BCUT2D eigenvalue weighted by molar-refractivity contribution is -0.143. The van der Waals surface area contributed by atoms with Gasteiger partial charge in [0.25, 0.3) is 5.56 Å². The van der Waals surface area contributed by atoms with Crippen molar-refractivity contribution in [1.29, 1.82) is 0 Å². The number of carbonyl (C=O) groups excluding carboxylic acids is 2. The van der Waals surface area contributed by atoms with Crippen molar-refractivity contribution in [2.45, 2.75) is 72.5 Å². The number of esters is 1. The first-order valence-electron chi connectivity index (χ1n) is 15.4. The van der Waals surface area contributed by atoms with Crippen LogP contribution in [-0.4, -0.2) is 48.6 Å². The summed E-state index contributed by atoms with van der Waals surface area (Å²) in [4.78, 5) is 37.1. The zero-order valence-electron chi connectivity index (χ0n) is 28.2. The molecule has 0 bridgehead atoms. The minimum absolute atomic E-state index is 0.0224. The number of benzene rings is 2. The molecule has 2 aromatic carbocycles. The fourth-order valence-corrected chi connectivity index (χ4v) is 5.52. The first kappa shape index (κ1) is 40.4. The lowest BCUT2D eigenvalue weighted by Gasteiger charge is -2.22. The number of primary amides is 1. The van der Waals surface area contributed by atoms with Crippen LogP contribution < -0.4 is 11.3 Å². The topological polar surface area (TPSA) is 94.6 Å². The maximum atomic E-state index is 14.4. The summed E-state index contributed by atoms with van der Waals surface area (Å²) in [5.41, 5.74) is 6.40. The first-order chi connectivity index (χ1) is 22.3. The Morgan fingerprint density at radius 3 is 2.17 bits per heavy atom. The molecule has 0 aliphatic rings. The third-order valence-corrected chi connectivity index (χ3v) is 7.73. The number of aromatic nitrogens is 1. The Morgan fingerprint density at radius 1 is 1.00 bits per heavy atom. The molecule has 0 fully saturated rings. The van der Waals surface area contributed by atoms with E-state index >= 15 is 0 Å². The highest BCUT2D eigenvalue weighted by atomic mass is 35.5. The molecule has 3 rings (SSSR count). The third-order valence-electron chi connectivity index (χ3n) is 7.43. The van der Waals surface area contributed by atoms with E-state index in [-0.39, 0.29) is 54.0 Å². The van der Waals surface area contributed by atoms with E-state index in [1.54, 1.807) is 51.9 Å². The van der Waals surface area contributed by atoms with Crippen molar-refractivity contribution >= 4 is 23.5 Å². The van der Waals surface area contributed by atoms with Crippen molar-refractivity contribution in [3.63, 3.8) is 0 Å². The monoisotopic (exact) mass is 699 g/mol. The SMILES string of the molecule is CC(C)CC(C(N)=O)n1cc(CCN(C)C)c(C(F)(F)F)cc1=O.CCOC(=O)CCc1cc(-c2c(C)cc(F)cc2Cl)cc(C)c1F. The maximum absolute atomic E-state index is 14.4. The smallest absolute Gasteiger partial charge is 0.416 e. The Balaban J connectivity index is 0.000000333. The molecule has 0 aliphatic carbocycles. The van der Waals surface area contributed by atoms with Gasteiger partial charge in [-0.25, -0.2) is 8.78 Å². The van der Waals surface area contributed by atoms with Crippen LogP contribution in [0.4, 0.5) is 22.0 Å². The molecule has 1 aromatic heterocycles. The van der Waals surface area contributed by atoms with Crippen molar-refractivity contribution in [1.82, 2.24) is 9.47 Å². The van der Waals surface area contributed by atoms with E-state index in [9.17, 15) is 36.3 Å². The number of amides is 1. The highest BCUT2D eigenvalue weighted by Gasteiger charge is 2.35. The summed E-state index contributed by atoms with van der Waals surface area (Å²) in [7, 11) is 3.49. The molecule has 0 aliphatic heterocycles.